The Morgan fingerprint density at radius 1 is 1.07 bits per heavy atom. The van der Waals surface area contributed by atoms with Gasteiger partial charge in [-0.05, 0) is 49.9 Å². The Bertz CT molecular complexity index is 1030. The maximum Gasteiger partial charge on any atom is 0.333 e. The summed E-state index contributed by atoms with van der Waals surface area (Å²) in [6.07, 6.45) is 1.90. The van der Waals surface area contributed by atoms with Crippen molar-refractivity contribution < 1.29 is 9.53 Å². The second-order valence-electron chi connectivity index (χ2n) is 7.86. The predicted molar refractivity (Wildman–Crippen MR) is 112 cm³/mol. The van der Waals surface area contributed by atoms with Crippen molar-refractivity contribution in [2.24, 2.45) is 5.92 Å². The number of amides is 1. The maximum absolute atomic E-state index is 12.7. The Morgan fingerprint density at radius 3 is 2.43 bits per heavy atom. The first-order valence-corrected chi connectivity index (χ1v) is 10.5. The van der Waals surface area contributed by atoms with Gasteiger partial charge in [-0.15, -0.1) is 5.10 Å². The minimum atomic E-state index is -0.758. The van der Waals surface area contributed by atoms with E-state index in [1.807, 2.05) is 36.1 Å². The average Bonchev–Trinajstić information content (AvgIpc) is 3.17. The molecule has 9 heteroatoms. The van der Waals surface area contributed by atoms with Crippen molar-refractivity contribution in [2.45, 2.75) is 39.8 Å². The number of nitrogens with zero attached hydrogens (tertiary/aromatic N) is 5. The fourth-order valence-corrected chi connectivity index (χ4v) is 3.95. The number of hydrogen-bond acceptors (Lipinski definition) is 6. The molecule has 1 amide bonds. The number of aromatic nitrogens is 3. The normalized spacial score (nSPS) is 16.6. The Balaban J connectivity index is 1.60. The number of hydrogen-bond donors (Lipinski definition) is 0. The van der Waals surface area contributed by atoms with Gasteiger partial charge in [-0.25, -0.2) is 4.68 Å². The molecule has 0 saturated carbocycles. The molecular weight excluding hydrogens is 386 g/mol. The summed E-state index contributed by atoms with van der Waals surface area (Å²) in [6, 6.07) is 7.50. The lowest BCUT2D eigenvalue weighted by Gasteiger charge is -2.30. The van der Waals surface area contributed by atoms with Crippen LogP contribution in [0.25, 0.3) is 0 Å². The van der Waals surface area contributed by atoms with Gasteiger partial charge in [0.2, 0.25) is 11.9 Å². The van der Waals surface area contributed by atoms with Gasteiger partial charge in [0.1, 0.15) is 12.3 Å². The fraction of sp³-hybridized carbons (Fsp3) is 0.524. The lowest BCUT2D eigenvalue weighted by atomic mass is 9.99. The van der Waals surface area contributed by atoms with Crippen LogP contribution in [0.15, 0.2) is 33.9 Å². The zero-order valence-electron chi connectivity index (χ0n) is 17.4. The first kappa shape index (κ1) is 20.2. The number of piperidine rings is 1. The molecule has 2 aliphatic heterocycles. The van der Waals surface area contributed by atoms with Gasteiger partial charge in [-0.2, -0.15) is 0 Å². The molecule has 0 radical (unpaired) electrons. The number of ether oxygens (including phenoxy) is 1. The van der Waals surface area contributed by atoms with E-state index in [4.69, 9.17) is 4.74 Å². The van der Waals surface area contributed by atoms with Crippen molar-refractivity contribution in [1.29, 1.82) is 0 Å². The Hall–Kier alpha value is -3.10. The molecule has 1 fully saturated rings. The molecule has 0 spiro atoms. The molecule has 4 rings (SSSR count). The van der Waals surface area contributed by atoms with Crippen LogP contribution in [0, 0.1) is 5.92 Å². The van der Waals surface area contributed by atoms with E-state index in [1.54, 1.807) is 4.90 Å². The van der Waals surface area contributed by atoms with Crippen LogP contribution in [0.5, 0.6) is 5.75 Å². The predicted octanol–water partition coefficient (Wildman–Crippen LogP) is 1.21. The zero-order chi connectivity index (χ0) is 21.3. The second kappa shape index (κ2) is 8.33. The Kier molecular flexibility index (Phi) is 5.61. The Morgan fingerprint density at radius 2 is 1.77 bits per heavy atom. The summed E-state index contributed by atoms with van der Waals surface area (Å²) < 4.78 is 7.87. The summed E-state index contributed by atoms with van der Waals surface area (Å²) in [4.78, 5) is 41.4. The van der Waals surface area contributed by atoms with Crippen LogP contribution in [-0.2, 0) is 17.9 Å². The van der Waals surface area contributed by atoms with Gasteiger partial charge in [0.25, 0.3) is 0 Å². The number of anilines is 2. The quantitative estimate of drug-likeness (QED) is 0.685. The van der Waals surface area contributed by atoms with Gasteiger partial charge in [0, 0.05) is 31.9 Å². The van der Waals surface area contributed by atoms with E-state index in [1.165, 1.54) is 4.57 Å². The SMILES string of the molecule is CCOc1ccc(N2CCn3c2nn(CC(=O)N2CCC(C)CC2)c(=O)c3=O)cc1. The van der Waals surface area contributed by atoms with E-state index in [9.17, 15) is 14.4 Å². The summed E-state index contributed by atoms with van der Waals surface area (Å²) in [5, 5.41) is 4.39. The average molecular weight is 413 g/mol. The summed E-state index contributed by atoms with van der Waals surface area (Å²) in [6.45, 7) is 6.72. The minimum absolute atomic E-state index is 0.175. The molecular formula is C21H27N5O4. The molecule has 2 aromatic rings. The third-order valence-corrected chi connectivity index (χ3v) is 5.78. The summed E-state index contributed by atoms with van der Waals surface area (Å²) in [5.41, 5.74) is -0.558. The first-order chi connectivity index (χ1) is 14.5. The highest BCUT2D eigenvalue weighted by atomic mass is 16.5. The van der Waals surface area contributed by atoms with E-state index < -0.39 is 11.1 Å². The van der Waals surface area contributed by atoms with Crippen LogP contribution in [0.4, 0.5) is 11.6 Å². The summed E-state index contributed by atoms with van der Waals surface area (Å²) >= 11 is 0. The minimum Gasteiger partial charge on any atom is -0.494 e. The van der Waals surface area contributed by atoms with Crippen molar-refractivity contribution in [3.8, 4) is 5.75 Å². The van der Waals surface area contributed by atoms with Crippen LogP contribution in [0.3, 0.4) is 0 Å². The highest BCUT2D eigenvalue weighted by Crippen LogP contribution is 2.28. The summed E-state index contributed by atoms with van der Waals surface area (Å²) in [7, 11) is 0. The molecule has 160 valence electrons. The van der Waals surface area contributed by atoms with Crippen molar-refractivity contribution >= 4 is 17.5 Å². The molecule has 9 nitrogen and oxygen atoms in total. The molecule has 30 heavy (non-hydrogen) atoms. The van der Waals surface area contributed by atoms with Gasteiger partial charge in [-0.1, -0.05) is 6.92 Å². The number of likely N-dealkylation sites (tertiary alicyclic amines) is 1. The number of fused-ring (bicyclic) bond motifs is 1. The van der Waals surface area contributed by atoms with Crippen LogP contribution in [-0.4, -0.2) is 51.4 Å². The highest BCUT2D eigenvalue weighted by Gasteiger charge is 2.27. The molecule has 2 aliphatic rings. The number of carbonyl (C=O) groups excluding carboxylic acids is 1. The van der Waals surface area contributed by atoms with Crippen molar-refractivity contribution in [3.05, 3.63) is 45.0 Å². The summed E-state index contributed by atoms with van der Waals surface area (Å²) in [5.74, 6) is 1.56. The first-order valence-electron chi connectivity index (χ1n) is 10.5. The largest absolute Gasteiger partial charge is 0.494 e. The molecule has 0 unspecified atom stereocenters. The number of rotatable bonds is 5. The van der Waals surface area contributed by atoms with Crippen LogP contribution in [0.2, 0.25) is 0 Å². The van der Waals surface area contributed by atoms with Crippen molar-refractivity contribution in [2.75, 3.05) is 31.1 Å². The van der Waals surface area contributed by atoms with E-state index in [0.29, 0.717) is 44.7 Å². The number of carbonyl (C=O) groups is 1. The second-order valence-corrected chi connectivity index (χ2v) is 7.86. The molecule has 1 aromatic heterocycles. The van der Waals surface area contributed by atoms with E-state index in [-0.39, 0.29) is 12.5 Å². The standard InChI is InChI=1S/C21H27N5O4/c1-3-30-17-6-4-16(5-7-17)24-12-13-25-19(28)20(29)26(22-21(24)25)14-18(27)23-10-8-15(2)9-11-23/h4-7,15H,3,8-14H2,1-2H3. The van der Waals surface area contributed by atoms with Crippen LogP contribution < -0.4 is 20.8 Å². The molecule has 0 atom stereocenters. The molecule has 1 saturated heterocycles. The third-order valence-electron chi connectivity index (χ3n) is 5.78. The third kappa shape index (κ3) is 3.83. The lowest BCUT2D eigenvalue weighted by molar-refractivity contribution is -0.133. The van der Waals surface area contributed by atoms with Gasteiger partial charge in [0.15, 0.2) is 0 Å². The molecule has 0 aliphatic carbocycles. The zero-order valence-corrected chi connectivity index (χ0v) is 17.4. The molecule has 0 bridgehead atoms. The maximum atomic E-state index is 12.7. The fourth-order valence-electron chi connectivity index (χ4n) is 3.95. The molecule has 0 N–H and O–H groups in total. The Labute approximate surface area is 174 Å². The highest BCUT2D eigenvalue weighted by molar-refractivity contribution is 5.76. The lowest BCUT2D eigenvalue weighted by Crippen LogP contribution is -2.46. The van der Waals surface area contributed by atoms with E-state index in [0.717, 1.165) is 29.0 Å². The van der Waals surface area contributed by atoms with Crippen molar-refractivity contribution in [3.63, 3.8) is 0 Å². The van der Waals surface area contributed by atoms with Crippen LogP contribution in [0.1, 0.15) is 26.7 Å². The van der Waals surface area contributed by atoms with Crippen molar-refractivity contribution in [1.82, 2.24) is 19.2 Å². The van der Waals surface area contributed by atoms with Gasteiger partial charge in [0.05, 0.1) is 6.61 Å². The van der Waals surface area contributed by atoms with E-state index >= 15 is 0 Å². The smallest absolute Gasteiger partial charge is 0.333 e. The van der Waals surface area contributed by atoms with Gasteiger partial charge >= 0.3 is 11.1 Å². The van der Waals surface area contributed by atoms with Crippen LogP contribution >= 0.6 is 0 Å². The monoisotopic (exact) mass is 413 g/mol. The van der Waals surface area contributed by atoms with E-state index in [2.05, 4.69) is 12.0 Å². The topological polar surface area (TPSA) is 89.7 Å². The molecule has 3 heterocycles. The van der Waals surface area contributed by atoms with Gasteiger partial charge in [-0.3, -0.25) is 19.0 Å². The number of benzene rings is 1. The van der Waals surface area contributed by atoms with Gasteiger partial charge < -0.3 is 14.5 Å². The molecule has 1 aromatic carbocycles.